The maximum atomic E-state index is 11.2. The zero-order valence-corrected chi connectivity index (χ0v) is 11.2. The lowest BCUT2D eigenvalue weighted by molar-refractivity contribution is -0.120. The van der Waals surface area contributed by atoms with Crippen molar-refractivity contribution in [1.82, 2.24) is 10.6 Å². The van der Waals surface area contributed by atoms with Gasteiger partial charge in [-0.3, -0.25) is 4.79 Å². The van der Waals surface area contributed by atoms with E-state index >= 15 is 0 Å². The van der Waals surface area contributed by atoms with Gasteiger partial charge in [0.2, 0.25) is 5.91 Å². The third-order valence-electron chi connectivity index (χ3n) is 2.49. The summed E-state index contributed by atoms with van der Waals surface area (Å²) in [4.78, 5) is 11.2. The first kappa shape index (κ1) is 14.5. The Morgan fingerprint density at radius 2 is 2.06 bits per heavy atom. The Labute approximate surface area is 109 Å². The molecule has 0 aliphatic carbocycles. The maximum absolute atomic E-state index is 11.2. The van der Waals surface area contributed by atoms with Gasteiger partial charge >= 0.3 is 0 Å². The van der Waals surface area contributed by atoms with Crippen molar-refractivity contribution in [2.75, 3.05) is 19.7 Å². The van der Waals surface area contributed by atoms with Crippen LogP contribution in [0.15, 0.2) is 24.3 Å². The van der Waals surface area contributed by atoms with Gasteiger partial charge in [0, 0.05) is 31.6 Å². The molecule has 100 valence electrons. The smallest absolute Gasteiger partial charge is 0.221 e. The second-order valence-corrected chi connectivity index (χ2v) is 3.92. The van der Waals surface area contributed by atoms with Gasteiger partial charge in [0.25, 0.3) is 0 Å². The molecule has 0 fully saturated rings. The number of rotatable bonds is 8. The van der Waals surface area contributed by atoms with Gasteiger partial charge in [0.1, 0.15) is 5.75 Å². The molecule has 0 unspecified atom stereocenters. The van der Waals surface area contributed by atoms with Crippen LogP contribution in [-0.4, -0.2) is 25.6 Å². The molecule has 0 bridgehead atoms. The third-order valence-corrected chi connectivity index (χ3v) is 2.49. The number of carbonyl (C=O) groups excluding carboxylic acids is 1. The van der Waals surface area contributed by atoms with Crippen LogP contribution in [0, 0.1) is 0 Å². The van der Waals surface area contributed by atoms with E-state index in [1.165, 1.54) is 0 Å². The van der Waals surface area contributed by atoms with E-state index in [0.717, 1.165) is 17.9 Å². The van der Waals surface area contributed by atoms with Gasteiger partial charge in [0.05, 0.1) is 6.61 Å². The number of carbonyl (C=O) groups is 1. The van der Waals surface area contributed by atoms with Gasteiger partial charge in [0.15, 0.2) is 0 Å². The number of hydrogen-bond donors (Lipinski definition) is 2. The largest absolute Gasteiger partial charge is 0.494 e. The zero-order chi connectivity index (χ0) is 13.2. The second kappa shape index (κ2) is 8.53. The molecule has 0 spiro atoms. The summed E-state index contributed by atoms with van der Waals surface area (Å²) in [5, 5.41) is 6.02. The van der Waals surface area contributed by atoms with Crippen LogP contribution >= 0.6 is 0 Å². The standard InChI is InChI=1S/C14H22N2O2/c1-3-16-14(17)9-10-15-11-12-7-5-6-8-13(12)18-4-2/h5-8,15H,3-4,9-11H2,1-2H3,(H,16,17). The van der Waals surface area contributed by atoms with E-state index in [-0.39, 0.29) is 5.91 Å². The minimum atomic E-state index is 0.0862. The maximum Gasteiger partial charge on any atom is 0.221 e. The van der Waals surface area contributed by atoms with Crippen LogP contribution in [0.1, 0.15) is 25.8 Å². The number of benzene rings is 1. The average Bonchev–Trinajstić information content (AvgIpc) is 2.37. The average molecular weight is 250 g/mol. The number of nitrogens with one attached hydrogen (secondary N) is 2. The molecule has 0 heterocycles. The summed E-state index contributed by atoms with van der Waals surface area (Å²) in [7, 11) is 0. The van der Waals surface area contributed by atoms with E-state index < -0.39 is 0 Å². The van der Waals surface area contributed by atoms with E-state index in [1.54, 1.807) is 0 Å². The Kier molecular flexibility index (Phi) is 6.87. The van der Waals surface area contributed by atoms with E-state index in [0.29, 0.717) is 26.1 Å². The van der Waals surface area contributed by atoms with Crippen molar-refractivity contribution >= 4 is 5.91 Å². The summed E-state index contributed by atoms with van der Waals surface area (Å²) in [5.74, 6) is 0.994. The van der Waals surface area contributed by atoms with Gasteiger partial charge in [-0.05, 0) is 19.9 Å². The fraction of sp³-hybridized carbons (Fsp3) is 0.500. The molecule has 2 N–H and O–H groups in total. The lowest BCUT2D eigenvalue weighted by Gasteiger charge is -2.10. The van der Waals surface area contributed by atoms with Gasteiger partial charge < -0.3 is 15.4 Å². The molecule has 0 aromatic heterocycles. The Balaban J connectivity index is 2.32. The quantitative estimate of drug-likeness (QED) is 0.690. The number of amides is 1. The fourth-order valence-corrected chi connectivity index (χ4v) is 1.66. The van der Waals surface area contributed by atoms with Crippen LogP contribution in [0.2, 0.25) is 0 Å². The number of hydrogen-bond acceptors (Lipinski definition) is 3. The van der Waals surface area contributed by atoms with Crippen LogP contribution in [0.4, 0.5) is 0 Å². The first-order chi connectivity index (χ1) is 8.77. The summed E-state index contributed by atoms with van der Waals surface area (Å²) in [6.45, 7) is 6.63. The topological polar surface area (TPSA) is 50.4 Å². The van der Waals surface area contributed by atoms with Crippen molar-refractivity contribution in [2.24, 2.45) is 0 Å². The highest BCUT2D eigenvalue weighted by Crippen LogP contribution is 2.17. The van der Waals surface area contributed by atoms with Gasteiger partial charge in [-0.2, -0.15) is 0 Å². The predicted molar refractivity (Wildman–Crippen MR) is 72.6 cm³/mol. The zero-order valence-electron chi connectivity index (χ0n) is 11.2. The molecule has 1 rings (SSSR count). The predicted octanol–water partition coefficient (Wildman–Crippen LogP) is 1.70. The Hall–Kier alpha value is -1.55. The Morgan fingerprint density at radius 3 is 2.78 bits per heavy atom. The number of para-hydroxylation sites is 1. The summed E-state index contributed by atoms with van der Waals surface area (Å²) in [6.07, 6.45) is 0.505. The molecule has 1 amide bonds. The molecule has 4 nitrogen and oxygen atoms in total. The molecule has 0 saturated carbocycles. The molecule has 0 aliphatic heterocycles. The molecule has 18 heavy (non-hydrogen) atoms. The first-order valence-corrected chi connectivity index (χ1v) is 6.46. The van der Waals surface area contributed by atoms with Crippen LogP contribution < -0.4 is 15.4 Å². The highest BCUT2D eigenvalue weighted by Gasteiger charge is 2.02. The molecule has 0 radical (unpaired) electrons. The van der Waals surface area contributed by atoms with Crippen LogP contribution in [0.25, 0.3) is 0 Å². The minimum Gasteiger partial charge on any atom is -0.494 e. The molecular weight excluding hydrogens is 228 g/mol. The molecular formula is C14H22N2O2. The molecule has 1 aromatic rings. The highest BCUT2D eigenvalue weighted by molar-refractivity contribution is 5.75. The highest BCUT2D eigenvalue weighted by atomic mass is 16.5. The van der Waals surface area contributed by atoms with Crippen LogP contribution in [0.5, 0.6) is 5.75 Å². The lowest BCUT2D eigenvalue weighted by atomic mass is 10.2. The van der Waals surface area contributed by atoms with E-state index in [2.05, 4.69) is 10.6 Å². The normalized spacial score (nSPS) is 10.1. The van der Waals surface area contributed by atoms with Crippen LogP contribution in [-0.2, 0) is 11.3 Å². The van der Waals surface area contributed by atoms with Crippen molar-refractivity contribution in [2.45, 2.75) is 26.8 Å². The SMILES string of the molecule is CCNC(=O)CCNCc1ccccc1OCC. The summed E-state index contributed by atoms with van der Waals surface area (Å²) >= 11 is 0. The van der Waals surface area contributed by atoms with Crippen molar-refractivity contribution in [3.8, 4) is 5.75 Å². The summed E-state index contributed by atoms with van der Waals surface area (Å²) in [5.41, 5.74) is 1.12. The third kappa shape index (κ3) is 5.19. The monoisotopic (exact) mass is 250 g/mol. The first-order valence-electron chi connectivity index (χ1n) is 6.46. The van der Waals surface area contributed by atoms with E-state index in [4.69, 9.17) is 4.74 Å². The molecule has 0 aliphatic rings. The number of ether oxygens (including phenoxy) is 1. The van der Waals surface area contributed by atoms with Gasteiger partial charge in [-0.25, -0.2) is 0 Å². The molecule has 4 heteroatoms. The van der Waals surface area contributed by atoms with Crippen molar-refractivity contribution < 1.29 is 9.53 Å². The fourth-order valence-electron chi connectivity index (χ4n) is 1.66. The Morgan fingerprint density at radius 1 is 1.28 bits per heavy atom. The van der Waals surface area contributed by atoms with E-state index in [9.17, 15) is 4.79 Å². The van der Waals surface area contributed by atoms with Crippen molar-refractivity contribution in [3.63, 3.8) is 0 Å². The lowest BCUT2D eigenvalue weighted by Crippen LogP contribution is -2.27. The van der Waals surface area contributed by atoms with Gasteiger partial charge in [-0.15, -0.1) is 0 Å². The minimum absolute atomic E-state index is 0.0862. The Bertz CT molecular complexity index is 367. The summed E-state index contributed by atoms with van der Waals surface area (Å²) < 4.78 is 5.53. The van der Waals surface area contributed by atoms with Crippen LogP contribution in [0.3, 0.4) is 0 Å². The van der Waals surface area contributed by atoms with E-state index in [1.807, 2.05) is 38.1 Å². The van der Waals surface area contributed by atoms with Crippen molar-refractivity contribution in [3.05, 3.63) is 29.8 Å². The molecule has 0 atom stereocenters. The molecule has 1 aromatic carbocycles. The molecule has 0 saturated heterocycles. The van der Waals surface area contributed by atoms with Crippen molar-refractivity contribution in [1.29, 1.82) is 0 Å². The second-order valence-electron chi connectivity index (χ2n) is 3.92. The van der Waals surface area contributed by atoms with Gasteiger partial charge in [-0.1, -0.05) is 18.2 Å². The summed E-state index contributed by atoms with van der Waals surface area (Å²) in [6, 6.07) is 7.95.